The zero-order chi connectivity index (χ0) is 13.1. The molecular formula is C16H25NS. The van der Waals surface area contributed by atoms with Gasteiger partial charge in [-0.25, -0.2) is 4.99 Å². The van der Waals surface area contributed by atoms with Crippen LogP contribution in [0.25, 0.3) is 0 Å². The molecule has 3 fully saturated rings. The van der Waals surface area contributed by atoms with Gasteiger partial charge in [0.05, 0.1) is 10.7 Å². The third kappa shape index (κ3) is 1.45. The Morgan fingerprint density at radius 1 is 1.11 bits per heavy atom. The van der Waals surface area contributed by atoms with E-state index in [-0.39, 0.29) is 5.54 Å². The SMILES string of the molecule is C[C@@H]1CC[C@]2(N=C=S)[C@@H]1[C@H]1[C@@H](CC[C@H]2C)C1(C)C. The number of thiocarbonyl (C=S) groups is 1. The minimum Gasteiger partial charge on any atom is -0.225 e. The maximum absolute atomic E-state index is 4.98. The molecule has 3 saturated carbocycles. The van der Waals surface area contributed by atoms with Crippen LogP contribution in [-0.4, -0.2) is 10.7 Å². The summed E-state index contributed by atoms with van der Waals surface area (Å²) in [6, 6.07) is 0. The first-order valence-electron chi connectivity index (χ1n) is 7.54. The molecule has 0 aromatic rings. The summed E-state index contributed by atoms with van der Waals surface area (Å²) in [5.41, 5.74) is 0.681. The third-order valence-corrected chi connectivity index (χ3v) is 6.83. The Bertz CT molecular complexity index is 409. The van der Waals surface area contributed by atoms with Crippen LogP contribution in [0.1, 0.15) is 53.4 Å². The smallest absolute Gasteiger partial charge is 0.0769 e. The van der Waals surface area contributed by atoms with Crippen molar-refractivity contribution in [3.8, 4) is 0 Å². The van der Waals surface area contributed by atoms with Gasteiger partial charge in [0.2, 0.25) is 0 Å². The molecule has 0 aliphatic heterocycles. The summed E-state index contributed by atoms with van der Waals surface area (Å²) in [6.45, 7) is 9.78. The highest BCUT2D eigenvalue weighted by Crippen LogP contribution is 2.72. The van der Waals surface area contributed by atoms with E-state index in [1.165, 1.54) is 25.7 Å². The molecule has 6 atom stereocenters. The van der Waals surface area contributed by atoms with Gasteiger partial charge in [-0.1, -0.05) is 27.7 Å². The molecule has 0 amide bonds. The van der Waals surface area contributed by atoms with Crippen LogP contribution in [0.4, 0.5) is 0 Å². The first kappa shape index (κ1) is 12.8. The molecule has 0 unspecified atom stereocenters. The molecule has 18 heavy (non-hydrogen) atoms. The standard InChI is InChI=1S/C16H25NS/c1-10-7-8-16(17-9-18)11(2)5-6-12-14(13(10)16)15(12,3)4/h10-14H,5-8H2,1-4H3/t10-,11-,12-,13+,14-,16-/m1/s1. The normalized spacial score (nSPS) is 52.8. The van der Waals surface area contributed by atoms with Crippen molar-refractivity contribution >= 4 is 17.4 Å². The van der Waals surface area contributed by atoms with Crippen molar-refractivity contribution in [3.63, 3.8) is 0 Å². The van der Waals surface area contributed by atoms with Gasteiger partial charge in [-0.05, 0) is 72.9 Å². The monoisotopic (exact) mass is 263 g/mol. The lowest BCUT2D eigenvalue weighted by atomic mass is 9.71. The second kappa shape index (κ2) is 3.90. The van der Waals surface area contributed by atoms with Gasteiger partial charge in [0, 0.05) is 0 Å². The first-order chi connectivity index (χ1) is 8.45. The minimum absolute atomic E-state index is 0.133. The lowest BCUT2D eigenvalue weighted by molar-refractivity contribution is 0.163. The Morgan fingerprint density at radius 3 is 2.50 bits per heavy atom. The quantitative estimate of drug-likeness (QED) is 0.498. The molecule has 3 rings (SSSR count). The van der Waals surface area contributed by atoms with E-state index >= 15 is 0 Å². The number of isothiocyanates is 1. The number of nitrogens with zero attached hydrogens (tertiary/aromatic N) is 1. The largest absolute Gasteiger partial charge is 0.225 e. The van der Waals surface area contributed by atoms with Crippen LogP contribution < -0.4 is 0 Å². The highest BCUT2D eigenvalue weighted by atomic mass is 32.1. The Kier molecular flexibility index (Phi) is 2.78. The fourth-order valence-corrected chi connectivity index (χ4v) is 5.76. The van der Waals surface area contributed by atoms with Gasteiger partial charge in [-0.15, -0.1) is 0 Å². The molecule has 3 aliphatic carbocycles. The Morgan fingerprint density at radius 2 is 1.83 bits per heavy atom. The molecule has 0 spiro atoms. The zero-order valence-electron chi connectivity index (χ0n) is 12.1. The van der Waals surface area contributed by atoms with Gasteiger partial charge < -0.3 is 0 Å². The van der Waals surface area contributed by atoms with E-state index in [1.54, 1.807) is 0 Å². The van der Waals surface area contributed by atoms with Crippen LogP contribution in [0.15, 0.2) is 4.99 Å². The third-order valence-electron chi connectivity index (χ3n) is 6.73. The Hall–Kier alpha value is -0.200. The van der Waals surface area contributed by atoms with E-state index in [4.69, 9.17) is 17.2 Å². The topological polar surface area (TPSA) is 12.4 Å². The maximum atomic E-state index is 4.98. The second-order valence-electron chi connectivity index (χ2n) is 7.67. The van der Waals surface area contributed by atoms with Crippen LogP contribution in [0.2, 0.25) is 0 Å². The van der Waals surface area contributed by atoms with Crippen molar-refractivity contribution < 1.29 is 0 Å². The van der Waals surface area contributed by atoms with Gasteiger partial charge in [0.15, 0.2) is 0 Å². The number of aliphatic imine (C=N–C) groups is 1. The lowest BCUT2D eigenvalue weighted by Crippen LogP contribution is -2.41. The second-order valence-corrected chi connectivity index (χ2v) is 7.85. The van der Waals surface area contributed by atoms with Gasteiger partial charge in [0.25, 0.3) is 0 Å². The maximum Gasteiger partial charge on any atom is 0.0769 e. The lowest BCUT2D eigenvalue weighted by Gasteiger charge is -2.38. The van der Waals surface area contributed by atoms with Gasteiger partial charge >= 0.3 is 0 Å². The highest BCUT2D eigenvalue weighted by Gasteiger charge is 2.69. The van der Waals surface area contributed by atoms with Crippen LogP contribution in [0, 0.1) is 35.0 Å². The van der Waals surface area contributed by atoms with Gasteiger partial charge in [-0.3, -0.25) is 0 Å². The van der Waals surface area contributed by atoms with Crippen molar-refractivity contribution in [2.24, 2.45) is 40.0 Å². The molecular weight excluding hydrogens is 238 g/mol. The summed E-state index contributed by atoms with van der Waals surface area (Å²) in [5.74, 6) is 4.07. The average molecular weight is 263 g/mol. The van der Waals surface area contributed by atoms with Crippen LogP contribution in [0.5, 0.6) is 0 Å². The first-order valence-corrected chi connectivity index (χ1v) is 7.95. The van der Waals surface area contributed by atoms with E-state index in [1.807, 2.05) is 0 Å². The molecule has 3 aliphatic rings. The summed E-state index contributed by atoms with van der Waals surface area (Å²) >= 11 is 4.98. The molecule has 0 bridgehead atoms. The predicted molar refractivity (Wildman–Crippen MR) is 78.8 cm³/mol. The van der Waals surface area contributed by atoms with Crippen molar-refractivity contribution in [3.05, 3.63) is 0 Å². The molecule has 1 nitrogen and oxygen atoms in total. The van der Waals surface area contributed by atoms with Crippen molar-refractivity contribution in [1.82, 2.24) is 0 Å². The van der Waals surface area contributed by atoms with Crippen LogP contribution in [0.3, 0.4) is 0 Å². The molecule has 100 valence electrons. The Balaban J connectivity index is 2.06. The molecule has 0 saturated heterocycles. The fourth-order valence-electron chi connectivity index (χ4n) is 5.59. The minimum atomic E-state index is 0.133. The highest BCUT2D eigenvalue weighted by molar-refractivity contribution is 7.78. The zero-order valence-corrected chi connectivity index (χ0v) is 12.9. The van der Waals surface area contributed by atoms with Crippen molar-refractivity contribution in [2.45, 2.75) is 58.9 Å². The number of rotatable bonds is 1. The number of hydrogen-bond acceptors (Lipinski definition) is 2. The fraction of sp³-hybridized carbons (Fsp3) is 0.938. The number of hydrogen-bond donors (Lipinski definition) is 0. The summed E-state index contributed by atoms with van der Waals surface area (Å²) in [7, 11) is 0. The van der Waals surface area contributed by atoms with Crippen molar-refractivity contribution in [2.75, 3.05) is 0 Å². The van der Waals surface area contributed by atoms with Crippen LogP contribution in [-0.2, 0) is 0 Å². The van der Waals surface area contributed by atoms with Crippen molar-refractivity contribution in [1.29, 1.82) is 0 Å². The van der Waals surface area contributed by atoms with E-state index in [9.17, 15) is 0 Å². The van der Waals surface area contributed by atoms with Gasteiger partial charge in [-0.2, -0.15) is 0 Å². The molecule has 0 heterocycles. The molecule has 2 heteroatoms. The summed E-state index contributed by atoms with van der Waals surface area (Å²) < 4.78 is 0. The van der Waals surface area contributed by atoms with E-state index < -0.39 is 0 Å². The molecule has 0 aromatic carbocycles. The van der Waals surface area contributed by atoms with Gasteiger partial charge in [0.1, 0.15) is 0 Å². The van der Waals surface area contributed by atoms with E-state index in [0.29, 0.717) is 11.3 Å². The summed E-state index contributed by atoms with van der Waals surface area (Å²) in [5, 5.41) is 2.75. The predicted octanol–water partition coefficient (Wildman–Crippen LogP) is 4.58. The summed E-state index contributed by atoms with van der Waals surface area (Å²) in [4.78, 5) is 4.78. The van der Waals surface area contributed by atoms with E-state index in [0.717, 1.165) is 23.7 Å². The molecule has 0 N–H and O–H groups in total. The Labute approximate surface area is 116 Å². The average Bonchev–Trinajstić information content (AvgIpc) is 2.73. The number of fused-ring (bicyclic) bond motifs is 3. The molecule has 0 radical (unpaired) electrons. The summed E-state index contributed by atoms with van der Waals surface area (Å²) in [6.07, 6.45) is 5.29. The molecule has 0 aromatic heterocycles. The van der Waals surface area contributed by atoms with Crippen LogP contribution >= 0.6 is 12.2 Å². The van der Waals surface area contributed by atoms with E-state index in [2.05, 4.69) is 32.9 Å².